The second-order valence-corrected chi connectivity index (χ2v) is 5.43. The van der Waals surface area contributed by atoms with Gasteiger partial charge in [0.2, 0.25) is 0 Å². The summed E-state index contributed by atoms with van der Waals surface area (Å²) in [5, 5.41) is 0. The normalized spacial score (nSPS) is 16.8. The van der Waals surface area contributed by atoms with E-state index in [4.69, 9.17) is 0 Å². The molecule has 1 heterocycles. The third kappa shape index (κ3) is 2.30. The Hall–Kier alpha value is -2.49. The lowest BCUT2D eigenvalue weighted by Gasteiger charge is -2.21. The van der Waals surface area contributed by atoms with Crippen LogP contribution in [0.1, 0.15) is 16.7 Å². The van der Waals surface area contributed by atoms with Gasteiger partial charge >= 0.3 is 11.8 Å². The number of anilines is 1. The predicted molar refractivity (Wildman–Crippen MR) is 83.1 cm³/mol. The van der Waals surface area contributed by atoms with Crippen LogP contribution in [0.3, 0.4) is 0 Å². The van der Waals surface area contributed by atoms with Gasteiger partial charge < -0.3 is 4.90 Å². The Morgan fingerprint density at radius 3 is 2.41 bits per heavy atom. The third-order valence-electron chi connectivity index (χ3n) is 3.80. The first-order valence-corrected chi connectivity index (χ1v) is 6.95. The zero-order valence-corrected chi connectivity index (χ0v) is 12.3. The summed E-state index contributed by atoms with van der Waals surface area (Å²) in [7, 11) is 1.38. The fourth-order valence-corrected chi connectivity index (χ4v) is 2.67. The fourth-order valence-electron chi connectivity index (χ4n) is 2.67. The Kier molecular flexibility index (Phi) is 3.32. The molecular formula is C18H15F2NO. The Bertz CT molecular complexity index is 766. The Labute approximate surface area is 127 Å². The molecule has 2 aromatic carbocycles. The van der Waals surface area contributed by atoms with Gasteiger partial charge in [0.15, 0.2) is 0 Å². The van der Waals surface area contributed by atoms with Gasteiger partial charge in [0.1, 0.15) is 0 Å². The van der Waals surface area contributed by atoms with Crippen molar-refractivity contribution in [3.8, 4) is 0 Å². The first-order valence-electron chi connectivity index (χ1n) is 6.95. The lowest BCUT2D eigenvalue weighted by atomic mass is 9.94. The van der Waals surface area contributed by atoms with E-state index in [0.29, 0.717) is 22.4 Å². The third-order valence-corrected chi connectivity index (χ3v) is 3.80. The second-order valence-electron chi connectivity index (χ2n) is 5.43. The summed E-state index contributed by atoms with van der Waals surface area (Å²) >= 11 is 0. The van der Waals surface area contributed by atoms with Crippen molar-refractivity contribution in [2.45, 2.75) is 12.8 Å². The molecule has 0 aromatic heterocycles. The SMILES string of the molecule is Cc1ccc2c(c1)C(c1ccccc1)=CC(F)(F)C(=O)N2C. The Balaban J connectivity index is 2.32. The van der Waals surface area contributed by atoms with Crippen molar-refractivity contribution in [3.63, 3.8) is 0 Å². The molecule has 112 valence electrons. The molecule has 0 N–H and O–H groups in total. The monoisotopic (exact) mass is 299 g/mol. The van der Waals surface area contributed by atoms with Crippen molar-refractivity contribution in [1.29, 1.82) is 0 Å². The fraction of sp³-hybridized carbons (Fsp3) is 0.167. The molecule has 3 rings (SSSR count). The van der Waals surface area contributed by atoms with Gasteiger partial charge in [-0.3, -0.25) is 4.79 Å². The van der Waals surface area contributed by atoms with E-state index in [1.807, 2.05) is 25.1 Å². The minimum Gasteiger partial charge on any atom is -0.309 e. The largest absolute Gasteiger partial charge is 0.344 e. The lowest BCUT2D eigenvalue weighted by molar-refractivity contribution is -0.135. The van der Waals surface area contributed by atoms with E-state index in [-0.39, 0.29) is 0 Å². The summed E-state index contributed by atoms with van der Waals surface area (Å²) in [5.74, 6) is -4.75. The number of hydrogen-bond donors (Lipinski definition) is 0. The van der Waals surface area contributed by atoms with Crippen molar-refractivity contribution in [2.24, 2.45) is 0 Å². The number of carbonyl (C=O) groups excluding carboxylic acids is 1. The summed E-state index contributed by atoms with van der Waals surface area (Å²) in [4.78, 5) is 13.1. The summed E-state index contributed by atoms with van der Waals surface area (Å²) in [6, 6.07) is 14.3. The number of amides is 1. The maximum absolute atomic E-state index is 14.2. The van der Waals surface area contributed by atoms with E-state index in [2.05, 4.69) is 0 Å². The van der Waals surface area contributed by atoms with Gasteiger partial charge in [0.25, 0.3) is 0 Å². The molecule has 1 aliphatic heterocycles. The molecule has 0 saturated carbocycles. The van der Waals surface area contributed by atoms with Crippen LogP contribution < -0.4 is 4.90 Å². The highest BCUT2D eigenvalue weighted by molar-refractivity contribution is 6.06. The average Bonchev–Trinajstić information content (AvgIpc) is 2.58. The molecule has 0 bridgehead atoms. The molecule has 0 saturated heterocycles. The first kappa shape index (κ1) is 14.4. The van der Waals surface area contributed by atoms with Gasteiger partial charge in [-0.25, -0.2) is 0 Å². The van der Waals surface area contributed by atoms with Crippen LogP contribution >= 0.6 is 0 Å². The summed E-state index contributed by atoms with van der Waals surface area (Å²) in [6.45, 7) is 1.90. The van der Waals surface area contributed by atoms with Gasteiger partial charge in [-0.15, -0.1) is 0 Å². The molecule has 0 radical (unpaired) electrons. The minimum absolute atomic E-state index is 0.377. The molecule has 1 aliphatic rings. The molecule has 0 atom stereocenters. The summed E-state index contributed by atoms with van der Waals surface area (Å²) < 4.78 is 28.5. The molecular weight excluding hydrogens is 284 g/mol. The van der Waals surface area contributed by atoms with Crippen molar-refractivity contribution in [3.05, 3.63) is 71.3 Å². The van der Waals surface area contributed by atoms with E-state index in [0.717, 1.165) is 16.5 Å². The van der Waals surface area contributed by atoms with Crippen LogP contribution in [0.5, 0.6) is 0 Å². The number of benzene rings is 2. The molecule has 0 unspecified atom stereocenters. The topological polar surface area (TPSA) is 20.3 Å². The Morgan fingerprint density at radius 2 is 1.73 bits per heavy atom. The maximum Gasteiger partial charge on any atom is 0.344 e. The summed E-state index contributed by atoms with van der Waals surface area (Å²) in [6.07, 6.45) is 0.770. The maximum atomic E-state index is 14.2. The van der Waals surface area contributed by atoms with Gasteiger partial charge in [0, 0.05) is 18.7 Å². The van der Waals surface area contributed by atoms with E-state index in [9.17, 15) is 13.6 Å². The van der Waals surface area contributed by atoms with E-state index >= 15 is 0 Å². The highest BCUT2D eigenvalue weighted by atomic mass is 19.3. The van der Waals surface area contributed by atoms with Crippen LogP contribution in [0.25, 0.3) is 5.57 Å². The van der Waals surface area contributed by atoms with Crippen LogP contribution in [0, 0.1) is 6.92 Å². The zero-order valence-electron chi connectivity index (χ0n) is 12.3. The molecule has 4 heteroatoms. The number of nitrogens with zero attached hydrogens (tertiary/aromatic N) is 1. The van der Waals surface area contributed by atoms with Gasteiger partial charge in [-0.05, 0) is 30.2 Å². The van der Waals surface area contributed by atoms with E-state index in [1.54, 1.807) is 30.3 Å². The smallest absolute Gasteiger partial charge is 0.309 e. The zero-order chi connectivity index (χ0) is 15.9. The molecule has 0 fully saturated rings. The lowest BCUT2D eigenvalue weighted by Crippen LogP contribution is -2.39. The van der Waals surface area contributed by atoms with Crippen LogP contribution in [0.2, 0.25) is 0 Å². The van der Waals surface area contributed by atoms with Crippen LogP contribution in [0.15, 0.2) is 54.6 Å². The highest BCUT2D eigenvalue weighted by Crippen LogP contribution is 2.39. The van der Waals surface area contributed by atoms with Crippen molar-refractivity contribution >= 4 is 17.2 Å². The van der Waals surface area contributed by atoms with E-state index in [1.165, 1.54) is 7.05 Å². The number of hydrogen-bond acceptors (Lipinski definition) is 1. The number of halogens is 2. The number of alkyl halides is 2. The standard InChI is InChI=1S/C18H15F2NO/c1-12-8-9-16-14(10-12)15(13-6-4-3-5-7-13)11-18(19,20)17(22)21(16)2/h3-11H,1-2H3. The van der Waals surface area contributed by atoms with Crippen molar-refractivity contribution < 1.29 is 13.6 Å². The van der Waals surface area contributed by atoms with Crippen molar-refractivity contribution in [2.75, 3.05) is 11.9 Å². The molecule has 0 spiro atoms. The number of aryl methyl sites for hydroxylation is 1. The van der Waals surface area contributed by atoms with Crippen LogP contribution in [0.4, 0.5) is 14.5 Å². The quantitative estimate of drug-likeness (QED) is 0.778. The second kappa shape index (κ2) is 5.05. The number of carbonyl (C=O) groups is 1. The van der Waals surface area contributed by atoms with Crippen LogP contribution in [-0.2, 0) is 4.79 Å². The molecule has 0 aliphatic carbocycles. The highest BCUT2D eigenvalue weighted by Gasteiger charge is 2.42. The van der Waals surface area contributed by atoms with Crippen LogP contribution in [-0.4, -0.2) is 18.9 Å². The molecule has 22 heavy (non-hydrogen) atoms. The molecule has 1 amide bonds. The Morgan fingerprint density at radius 1 is 1.05 bits per heavy atom. The van der Waals surface area contributed by atoms with Gasteiger partial charge in [0.05, 0.1) is 5.69 Å². The van der Waals surface area contributed by atoms with Gasteiger partial charge in [-0.2, -0.15) is 8.78 Å². The molecule has 2 nitrogen and oxygen atoms in total. The van der Waals surface area contributed by atoms with E-state index < -0.39 is 11.8 Å². The van der Waals surface area contributed by atoms with Crippen molar-refractivity contribution in [1.82, 2.24) is 0 Å². The number of fused-ring (bicyclic) bond motifs is 1. The average molecular weight is 299 g/mol. The van der Waals surface area contributed by atoms with Gasteiger partial charge in [-0.1, -0.05) is 42.0 Å². The predicted octanol–water partition coefficient (Wildman–Crippen LogP) is 4.04. The minimum atomic E-state index is -3.53. The first-order chi connectivity index (χ1) is 10.4. The molecule has 2 aromatic rings. The summed E-state index contributed by atoms with van der Waals surface area (Å²) in [5.41, 5.74) is 3.12. The number of rotatable bonds is 1.